The van der Waals surface area contributed by atoms with Crippen LogP contribution in [0.3, 0.4) is 0 Å². The summed E-state index contributed by atoms with van der Waals surface area (Å²) in [6.45, 7) is 0. The zero-order valence-electron chi connectivity index (χ0n) is 12.5. The van der Waals surface area contributed by atoms with Gasteiger partial charge in [0, 0.05) is 14.2 Å². The van der Waals surface area contributed by atoms with Gasteiger partial charge in [0.05, 0.1) is 12.0 Å². The van der Waals surface area contributed by atoms with Gasteiger partial charge in [-0.05, 0) is 32.1 Å². The second-order valence-corrected chi connectivity index (χ2v) is 6.27. The fourth-order valence-corrected chi connectivity index (χ4v) is 3.49. The van der Waals surface area contributed by atoms with Crippen molar-refractivity contribution in [2.45, 2.75) is 68.9 Å². The second kappa shape index (κ2) is 5.72. The van der Waals surface area contributed by atoms with Crippen molar-refractivity contribution in [2.24, 2.45) is 0 Å². The van der Waals surface area contributed by atoms with Crippen LogP contribution in [0.4, 0.5) is 0 Å². The van der Waals surface area contributed by atoms with E-state index in [1.165, 1.54) is 4.90 Å². The lowest BCUT2D eigenvalue weighted by Gasteiger charge is -2.45. The van der Waals surface area contributed by atoms with E-state index in [2.05, 4.69) is 0 Å². The van der Waals surface area contributed by atoms with Crippen LogP contribution in [0.5, 0.6) is 0 Å². The number of ether oxygens (including phenoxy) is 1. The van der Waals surface area contributed by atoms with Crippen LogP contribution in [-0.4, -0.2) is 47.2 Å². The number of carbonyl (C=O) groups is 2. The maximum absolute atomic E-state index is 12.5. The Labute approximate surface area is 120 Å². The van der Waals surface area contributed by atoms with Crippen LogP contribution in [0.2, 0.25) is 0 Å². The molecule has 1 amide bonds. The predicted octanol–water partition coefficient (Wildman–Crippen LogP) is 2.19. The third-order valence-electron chi connectivity index (χ3n) is 5.27. The van der Waals surface area contributed by atoms with E-state index in [1.807, 2.05) is 0 Å². The number of hydrogen-bond acceptors (Lipinski definition) is 3. The molecule has 20 heavy (non-hydrogen) atoms. The molecule has 0 saturated heterocycles. The number of rotatable bonds is 5. The highest BCUT2D eigenvalue weighted by atomic mass is 16.5. The highest BCUT2D eigenvalue weighted by Crippen LogP contribution is 2.40. The van der Waals surface area contributed by atoms with E-state index >= 15 is 0 Å². The molecule has 1 N–H and O–H groups in total. The van der Waals surface area contributed by atoms with Crippen molar-refractivity contribution in [1.29, 1.82) is 0 Å². The topological polar surface area (TPSA) is 66.8 Å². The number of carboxylic acids is 1. The molecule has 0 bridgehead atoms. The van der Waals surface area contributed by atoms with Gasteiger partial charge in [0.25, 0.3) is 0 Å². The van der Waals surface area contributed by atoms with Crippen LogP contribution in [0.15, 0.2) is 0 Å². The summed E-state index contributed by atoms with van der Waals surface area (Å²) >= 11 is 0. The molecule has 0 aromatic carbocycles. The van der Waals surface area contributed by atoms with E-state index in [0.29, 0.717) is 19.3 Å². The molecule has 0 spiro atoms. The SMILES string of the molecule is COC1(CC(=O)N(C)C2(C(=O)O)CCCCC2)CCC1. The summed E-state index contributed by atoms with van der Waals surface area (Å²) in [4.78, 5) is 25.7. The van der Waals surface area contributed by atoms with E-state index < -0.39 is 11.5 Å². The highest BCUT2D eigenvalue weighted by Gasteiger charge is 2.48. The highest BCUT2D eigenvalue weighted by molar-refractivity contribution is 5.87. The molecule has 2 aliphatic rings. The van der Waals surface area contributed by atoms with Crippen molar-refractivity contribution in [2.75, 3.05) is 14.2 Å². The Hall–Kier alpha value is -1.10. The van der Waals surface area contributed by atoms with Gasteiger partial charge in [-0.25, -0.2) is 4.79 Å². The van der Waals surface area contributed by atoms with Crippen LogP contribution in [0, 0.1) is 0 Å². The Bertz CT molecular complexity index is 378. The molecule has 2 rings (SSSR count). The van der Waals surface area contributed by atoms with Crippen molar-refractivity contribution in [1.82, 2.24) is 4.90 Å². The smallest absolute Gasteiger partial charge is 0.329 e. The molecular weight excluding hydrogens is 258 g/mol. The molecule has 0 unspecified atom stereocenters. The molecule has 0 aromatic rings. The Morgan fingerprint density at radius 2 is 1.70 bits per heavy atom. The summed E-state index contributed by atoms with van der Waals surface area (Å²) in [5.41, 5.74) is -1.35. The van der Waals surface area contributed by atoms with E-state index in [4.69, 9.17) is 4.74 Å². The summed E-state index contributed by atoms with van der Waals surface area (Å²) in [6.07, 6.45) is 7.09. The Morgan fingerprint density at radius 1 is 1.10 bits per heavy atom. The number of amides is 1. The Kier molecular flexibility index (Phi) is 4.37. The molecule has 2 fully saturated rings. The first kappa shape index (κ1) is 15.3. The first-order valence-electron chi connectivity index (χ1n) is 7.51. The zero-order valence-corrected chi connectivity index (χ0v) is 12.5. The monoisotopic (exact) mass is 283 g/mol. The van der Waals surface area contributed by atoms with E-state index in [0.717, 1.165) is 38.5 Å². The Balaban J connectivity index is 2.09. The minimum Gasteiger partial charge on any atom is -0.479 e. The molecule has 5 heteroatoms. The van der Waals surface area contributed by atoms with Gasteiger partial charge in [-0.15, -0.1) is 0 Å². The molecule has 0 radical (unpaired) electrons. The van der Waals surface area contributed by atoms with Crippen LogP contribution >= 0.6 is 0 Å². The van der Waals surface area contributed by atoms with Gasteiger partial charge >= 0.3 is 5.97 Å². The van der Waals surface area contributed by atoms with Gasteiger partial charge in [0.2, 0.25) is 5.91 Å². The largest absolute Gasteiger partial charge is 0.479 e. The van der Waals surface area contributed by atoms with Crippen LogP contribution < -0.4 is 0 Å². The van der Waals surface area contributed by atoms with Gasteiger partial charge in [0.1, 0.15) is 5.54 Å². The van der Waals surface area contributed by atoms with E-state index in [-0.39, 0.29) is 11.5 Å². The average Bonchev–Trinajstić information content (AvgIpc) is 2.42. The third kappa shape index (κ3) is 2.55. The van der Waals surface area contributed by atoms with Crippen molar-refractivity contribution < 1.29 is 19.4 Å². The molecule has 0 aliphatic heterocycles. The number of nitrogens with zero attached hydrogens (tertiary/aromatic N) is 1. The molecule has 2 saturated carbocycles. The van der Waals surface area contributed by atoms with Gasteiger partial charge in [0.15, 0.2) is 0 Å². The number of carbonyl (C=O) groups excluding carboxylic acids is 1. The van der Waals surface area contributed by atoms with E-state index in [9.17, 15) is 14.7 Å². The van der Waals surface area contributed by atoms with Gasteiger partial charge in [-0.2, -0.15) is 0 Å². The summed E-state index contributed by atoms with van der Waals surface area (Å²) in [7, 11) is 3.28. The van der Waals surface area contributed by atoms with Gasteiger partial charge < -0.3 is 14.7 Å². The van der Waals surface area contributed by atoms with Crippen molar-refractivity contribution >= 4 is 11.9 Å². The summed E-state index contributed by atoms with van der Waals surface area (Å²) in [6, 6.07) is 0. The lowest BCUT2D eigenvalue weighted by Crippen LogP contribution is -2.58. The maximum atomic E-state index is 12.5. The molecule has 2 aliphatic carbocycles. The fourth-order valence-electron chi connectivity index (χ4n) is 3.49. The normalized spacial score (nSPS) is 23.7. The van der Waals surface area contributed by atoms with Crippen molar-refractivity contribution in [3.63, 3.8) is 0 Å². The molecular formula is C15H25NO4. The van der Waals surface area contributed by atoms with Crippen molar-refractivity contribution in [3.8, 4) is 0 Å². The van der Waals surface area contributed by atoms with E-state index in [1.54, 1.807) is 14.2 Å². The number of carboxylic acid groups (broad SMARTS) is 1. The lowest BCUT2D eigenvalue weighted by molar-refractivity contribution is -0.165. The zero-order chi connectivity index (χ0) is 14.8. The maximum Gasteiger partial charge on any atom is 0.329 e. The average molecular weight is 283 g/mol. The first-order chi connectivity index (χ1) is 9.46. The molecule has 0 atom stereocenters. The summed E-state index contributed by atoms with van der Waals surface area (Å²) in [5, 5.41) is 9.61. The van der Waals surface area contributed by atoms with Gasteiger partial charge in [-0.1, -0.05) is 19.3 Å². The molecule has 5 nitrogen and oxygen atoms in total. The molecule has 114 valence electrons. The standard InChI is InChI=1S/C15H25NO4/c1-16(12(17)11-14(20-2)7-6-8-14)15(13(18)19)9-4-3-5-10-15/h3-11H2,1-2H3,(H,18,19). The van der Waals surface area contributed by atoms with Crippen molar-refractivity contribution in [3.05, 3.63) is 0 Å². The Morgan fingerprint density at radius 3 is 2.10 bits per heavy atom. The number of aliphatic carboxylic acids is 1. The van der Waals surface area contributed by atoms with Crippen LogP contribution in [0.1, 0.15) is 57.8 Å². The minimum atomic E-state index is -1.01. The quantitative estimate of drug-likeness (QED) is 0.840. The number of hydrogen-bond donors (Lipinski definition) is 1. The second-order valence-electron chi connectivity index (χ2n) is 6.27. The third-order valence-corrected chi connectivity index (χ3v) is 5.27. The number of likely N-dealkylation sites (N-methyl/N-ethyl adjacent to an activating group) is 1. The molecule has 0 heterocycles. The number of methoxy groups -OCH3 is 1. The first-order valence-corrected chi connectivity index (χ1v) is 7.51. The molecule has 0 aromatic heterocycles. The van der Waals surface area contributed by atoms with Crippen LogP contribution in [-0.2, 0) is 14.3 Å². The van der Waals surface area contributed by atoms with Gasteiger partial charge in [-0.3, -0.25) is 4.79 Å². The predicted molar refractivity (Wildman–Crippen MR) is 74.4 cm³/mol. The fraction of sp³-hybridized carbons (Fsp3) is 0.867. The summed E-state index contributed by atoms with van der Waals surface area (Å²) in [5.74, 6) is -0.969. The summed E-state index contributed by atoms with van der Waals surface area (Å²) < 4.78 is 5.48. The van der Waals surface area contributed by atoms with Crippen LogP contribution in [0.25, 0.3) is 0 Å². The lowest BCUT2D eigenvalue weighted by atomic mass is 9.76. The minimum absolute atomic E-state index is 0.101.